The average molecular weight is 316 g/mol. The van der Waals surface area contributed by atoms with Crippen LogP contribution in [0.5, 0.6) is 0 Å². The molecule has 0 aromatic rings. The van der Waals surface area contributed by atoms with E-state index in [2.05, 4.69) is 0 Å². The van der Waals surface area contributed by atoms with Crippen molar-refractivity contribution in [2.45, 2.75) is 12.1 Å². The normalized spacial score (nSPS) is 11.9. The maximum atomic E-state index is 11.9. The summed E-state index contributed by atoms with van der Waals surface area (Å²) in [5, 5.41) is 0. The van der Waals surface area contributed by atoms with E-state index in [1.54, 1.807) is 0 Å². The fourth-order valence-corrected chi connectivity index (χ4v) is 0.356. The average Bonchev–Trinajstić information content (AvgIpc) is 2.00. The summed E-state index contributed by atoms with van der Waals surface area (Å²) in [6.07, 6.45) is -5.70. The Labute approximate surface area is 89.1 Å². The zero-order chi connectivity index (χ0) is 10.9. The molecule has 0 N–H and O–H groups in total. The number of carbonyl (C=O) groups is 2. The fourth-order valence-electron chi connectivity index (χ4n) is 0.356. The molecule has 87 valence electrons. The molecule has 0 aliphatic carbocycles. The van der Waals surface area contributed by atoms with E-state index in [1.807, 2.05) is 0 Å². The van der Waals surface area contributed by atoms with Crippen LogP contribution in [0.3, 0.4) is 0 Å². The SMILES string of the molecule is O=C(C(=O)C(F)(F)CF)C(F)(F)F.[Ag]. The zero-order valence-electron chi connectivity index (χ0n) is 6.09. The van der Waals surface area contributed by atoms with Crippen molar-refractivity contribution in [3.05, 3.63) is 0 Å². The molecule has 0 heterocycles. The first-order valence-electron chi connectivity index (χ1n) is 2.72. The molecule has 0 rings (SSSR count). The Bertz CT molecular complexity index is 235. The molecule has 2 nitrogen and oxygen atoms in total. The number of rotatable bonds is 3. The molecule has 0 spiro atoms. The third kappa shape index (κ3) is 3.81. The second-order valence-corrected chi connectivity index (χ2v) is 1.99. The molecular weight excluding hydrogens is 314 g/mol. The first kappa shape index (κ1) is 16.1. The van der Waals surface area contributed by atoms with E-state index >= 15 is 0 Å². The van der Waals surface area contributed by atoms with Gasteiger partial charge in [0.1, 0.15) is 0 Å². The van der Waals surface area contributed by atoms with Crippen LogP contribution in [0.15, 0.2) is 0 Å². The monoisotopic (exact) mass is 315 g/mol. The number of halogens is 6. The van der Waals surface area contributed by atoms with Gasteiger partial charge >= 0.3 is 17.9 Å². The topological polar surface area (TPSA) is 34.1 Å². The summed E-state index contributed by atoms with van der Waals surface area (Å²) in [5.41, 5.74) is 0. The van der Waals surface area contributed by atoms with Crippen molar-refractivity contribution in [2.24, 2.45) is 0 Å². The van der Waals surface area contributed by atoms with Crippen LogP contribution in [0.1, 0.15) is 0 Å². The fraction of sp³-hybridized carbons (Fsp3) is 0.600. The van der Waals surface area contributed by atoms with E-state index in [9.17, 15) is 35.9 Å². The Morgan fingerprint density at radius 1 is 0.929 bits per heavy atom. The molecule has 0 saturated heterocycles. The maximum absolute atomic E-state index is 11.9. The summed E-state index contributed by atoms with van der Waals surface area (Å²) >= 11 is 0. The third-order valence-corrected chi connectivity index (χ3v) is 0.964. The molecule has 0 saturated carbocycles. The van der Waals surface area contributed by atoms with Gasteiger partial charge in [0.05, 0.1) is 0 Å². The summed E-state index contributed by atoms with van der Waals surface area (Å²) in [6, 6.07) is 0. The van der Waals surface area contributed by atoms with Crippen LogP contribution in [0.4, 0.5) is 26.3 Å². The van der Waals surface area contributed by atoms with Gasteiger partial charge in [-0.3, -0.25) is 9.59 Å². The van der Waals surface area contributed by atoms with Crippen molar-refractivity contribution in [1.29, 1.82) is 0 Å². The molecule has 0 aromatic heterocycles. The molecule has 0 amide bonds. The van der Waals surface area contributed by atoms with Crippen LogP contribution in [0.2, 0.25) is 0 Å². The molecule has 9 heteroatoms. The third-order valence-electron chi connectivity index (χ3n) is 0.964. The van der Waals surface area contributed by atoms with E-state index in [0.29, 0.717) is 0 Å². The molecule has 0 aliphatic rings. The van der Waals surface area contributed by atoms with Gasteiger partial charge in [-0.25, -0.2) is 4.39 Å². The van der Waals surface area contributed by atoms with Crippen molar-refractivity contribution in [3.63, 3.8) is 0 Å². The summed E-state index contributed by atoms with van der Waals surface area (Å²) in [4.78, 5) is 19.8. The second kappa shape index (κ2) is 4.94. The molecule has 0 aliphatic heterocycles. The van der Waals surface area contributed by atoms with Crippen LogP contribution >= 0.6 is 0 Å². The van der Waals surface area contributed by atoms with Gasteiger partial charge in [0.25, 0.3) is 5.78 Å². The molecule has 14 heavy (non-hydrogen) atoms. The minimum atomic E-state index is -5.70. The Hall–Kier alpha value is -0.340. The van der Waals surface area contributed by atoms with Gasteiger partial charge in [0, 0.05) is 22.4 Å². The standard InChI is InChI=1S/C5H2F6O2.Ag/c6-1-4(7,8)2(12)3(13)5(9,10)11;/h1H2;. The molecule has 0 fully saturated rings. The van der Waals surface area contributed by atoms with Crippen molar-refractivity contribution in [1.82, 2.24) is 0 Å². The Morgan fingerprint density at radius 2 is 1.29 bits per heavy atom. The van der Waals surface area contributed by atoms with Crippen LogP contribution in [-0.2, 0) is 32.0 Å². The first-order chi connectivity index (χ1) is 5.63. The Kier molecular flexibility index (Phi) is 5.69. The summed E-state index contributed by atoms with van der Waals surface area (Å²) in [7, 11) is 0. The zero-order valence-corrected chi connectivity index (χ0v) is 7.58. The number of alkyl halides is 6. The van der Waals surface area contributed by atoms with E-state index in [0.717, 1.165) is 0 Å². The van der Waals surface area contributed by atoms with E-state index < -0.39 is 30.3 Å². The molecule has 1 radical (unpaired) electrons. The van der Waals surface area contributed by atoms with Crippen molar-refractivity contribution < 1.29 is 58.3 Å². The Morgan fingerprint density at radius 3 is 1.50 bits per heavy atom. The van der Waals surface area contributed by atoms with Crippen molar-refractivity contribution in [2.75, 3.05) is 6.67 Å². The minimum Gasteiger partial charge on any atom is -0.284 e. The minimum absolute atomic E-state index is 0. The number of carbonyl (C=O) groups excluding carboxylic acids is 2. The maximum Gasteiger partial charge on any atom is 0.458 e. The van der Waals surface area contributed by atoms with Crippen molar-refractivity contribution in [3.8, 4) is 0 Å². The van der Waals surface area contributed by atoms with Gasteiger partial charge in [-0.05, 0) is 0 Å². The molecule has 0 bridgehead atoms. The second-order valence-electron chi connectivity index (χ2n) is 1.99. The van der Waals surface area contributed by atoms with E-state index in [1.165, 1.54) is 0 Å². The molecule has 0 unspecified atom stereocenters. The predicted molar refractivity (Wildman–Crippen MR) is 27.0 cm³/mol. The number of hydrogen-bond acceptors (Lipinski definition) is 2. The van der Waals surface area contributed by atoms with Gasteiger partial charge in [-0.2, -0.15) is 22.0 Å². The largest absolute Gasteiger partial charge is 0.458 e. The number of ketones is 2. The van der Waals surface area contributed by atoms with Gasteiger partial charge < -0.3 is 0 Å². The quantitative estimate of drug-likeness (QED) is 0.447. The van der Waals surface area contributed by atoms with Gasteiger partial charge in [-0.15, -0.1) is 0 Å². The first-order valence-corrected chi connectivity index (χ1v) is 2.72. The van der Waals surface area contributed by atoms with Crippen LogP contribution in [0, 0.1) is 0 Å². The number of Topliss-reactive ketones (excluding diaryl/α,β-unsaturated/α-hetero) is 2. The summed E-state index contributed by atoms with van der Waals surface area (Å²) in [5.74, 6) is -11.2. The van der Waals surface area contributed by atoms with Crippen LogP contribution in [-0.4, -0.2) is 30.3 Å². The van der Waals surface area contributed by atoms with E-state index in [-0.39, 0.29) is 22.4 Å². The van der Waals surface area contributed by atoms with E-state index in [4.69, 9.17) is 0 Å². The molecular formula is C5H2AgF6O2. The van der Waals surface area contributed by atoms with Crippen LogP contribution < -0.4 is 0 Å². The summed E-state index contributed by atoms with van der Waals surface area (Å²) < 4.78 is 69.1. The number of hydrogen-bond donors (Lipinski definition) is 0. The summed E-state index contributed by atoms with van der Waals surface area (Å²) in [6.45, 7) is -2.63. The smallest absolute Gasteiger partial charge is 0.284 e. The predicted octanol–water partition coefficient (Wildman–Crippen LogP) is 1.29. The van der Waals surface area contributed by atoms with Crippen molar-refractivity contribution >= 4 is 11.6 Å². The molecule has 0 atom stereocenters. The Balaban J connectivity index is 0. The van der Waals surface area contributed by atoms with Crippen LogP contribution in [0.25, 0.3) is 0 Å². The van der Waals surface area contributed by atoms with Gasteiger partial charge in [0.2, 0.25) is 0 Å². The van der Waals surface area contributed by atoms with Gasteiger partial charge in [0.15, 0.2) is 6.67 Å². The van der Waals surface area contributed by atoms with Gasteiger partial charge in [-0.1, -0.05) is 0 Å². The molecule has 0 aromatic carbocycles.